The molecule has 3 atom stereocenters. The highest BCUT2D eigenvalue weighted by Crippen LogP contribution is 2.32. The molecule has 0 spiro atoms. The number of carbonyl (C=O) groups is 3. The Balaban J connectivity index is 1.46. The van der Waals surface area contributed by atoms with Crippen molar-refractivity contribution in [2.24, 2.45) is 0 Å². The zero-order valence-electron chi connectivity index (χ0n) is 15.3. The fourth-order valence-electron chi connectivity index (χ4n) is 3.87. The summed E-state index contributed by atoms with van der Waals surface area (Å²) >= 11 is 1.04. The van der Waals surface area contributed by atoms with Crippen molar-refractivity contribution in [1.29, 1.82) is 0 Å². The number of halogens is 2. The first-order valence-electron chi connectivity index (χ1n) is 9.15. The van der Waals surface area contributed by atoms with Crippen molar-refractivity contribution in [2.75, 3.05) is 13.2 Å². The first kappa shape index (κ1) is 18.9. The molecular weight excluding hydrogens is 418 g/mol. The molecule has 30 heavy (non-hydrogen) atoms. The van der Waals surface area contributed by atoms with Crippen molar-refractivity contribution in [3.63, 3.8) is 0 Å². The van der Waals surface area contributed by atoms with E-state index in [2.05, 4.69) is 15.5 Å². The van der Waals surface area contributed by atoms with Gasteiger partial charge in [-0.25, -0.2) is 8.78 Å². The highest BCUT2D eigenvalue weighted by Gasteiger charge is 2.51. The second-order valence-electron chi connectivity index (χ2n) is 7.22. The minimum absolute atomic E-state index is 0.0416. The summed E-state index contributed by atoms with van der Waals surface area (Å²) in [4.78, 5) is 39.2. The number of allylic oxidation sites excluding steroid dienone is 1. The van der Waals surface area contributed by atoms with Crippen molar-refractivity contribution in [3.8, 4) is 0 Å². The van der Waals surface area contributed by atoms with Crippen LogP contribution < -0.4 is 5.32 Å². The topological polar surface area (TPSA) is 101 Å². The van der Waals surface area contributed by atoms with Gasteiger partial charge in [0, 0.05) is 18.7 Å². The summed E-state index contributed by atoms with van der Waals surface area (Å²) in [6.45, 7) is 0.648. The van der Waals surface area contributed by atoms with Crippen LogP contribution in [-0.2, 0) is 25.5 Å². The maximum atomic E-state index is 13.9. The van der Waals surface area contributed by atoms with Crippen LogP contribution in [0.15, 0.2) is 24.4 Å². The number of Topliss-reactive ketones (excluding diaryl/α,β-unsaturated/α-hetero) is 2. The molecular formula is C19H14F2N4O4S. The van der Waals surface area contributed by atoms with Crippen LogP contribution in [0.4, 0.5) is 8.78 Å². The lowest BCUT2D eigenvalue weighted by atomic mass is 9.91. The van der Waals surface area contributed by atoms with Gasteiger partial charge >= 0.3 is 0 Å². The number of nitrogens with zero attached hydrogens (tertiary/aromatic N) is 3. The second-order valence-corrected chi connectivity index (χ2v) is 8.28. The number of ether oxygens (including phenoxy) is 1. The minimum Gasteiger partial charge on any atom is -0.377 e. The molecule has 3 aliphatic rings. The van der Waals surface area contributed by atoms with Crippen LogP contribution in [0.1, 0.15) is 15.6 Å². The SMILES string of the molecule is O=C1C(=O)C2C(=O)N[C@@H]3COC[C@H]3N2C=C1c1nnc(Cc2ccc(F)cc2F)s1. The standard InChI is InChI=1S/C19H14F2N4O4S/c20-9-2-1-8(11(21)4-9)3-14-23-24-19(30-14)10-5-25-13-7-29-6-12(13)22-18(28)15(25)17(27)16(10)26/h1-2,4-5,12-13,15H,3,6-7H2,(H,22,28)/t12-,13-,15?/m1/s1. The highest BCUT2D eigenvalue weighted by molar-refractivity contribution is 7.13. The molecule has 2 saturated heterocycles. The lowest BCUT2D eigenvalue weighted by Crippen LogP contribution is -2.67. The largest absolute Gasteiger partial charge is 0.377 e. The van der Waals surface area contributed by atoms with E-state index in [0.29, 0.717) is 18.2 Å². The molecule has 0 radical (unpaired) electrons. The molecule has 0 bridgehead atoms. The Kier molecular flexibility index (Phi) is 4.44. The van der Waals surface area contributed by atoms with Gasteiger partial charge in [-0.3, -0.25) is 14.4 Å². The molecule has 1 unspecified atom stereocenters. The van der Waals surface area contributed by atoms with Crippen molar-refractivity contribution in [1.82, 2.24) is 20.4 Å². The summed E-state index contributed by atoms with van der Waals surface area (Å²) in [5, 5.41) is 11.3. The third-order valence-electron chi connectivity index (χ3n) is 5.36. The van der Waals surface area contributed by atoms with Gasteiger partial charge in [-0.05, 0) is 11.6 Å². The van der Waals surface area contributed by atoms with E-state index >= 15 is 0 Å². The highest BCUT2D eigenvalue weighted by atomic mass is 32.1. The van der Waals surface area contributed by atoms with Crippen molar-refractivity contribution in [3.05, 3.63) is 51.6 Å². The molecule has 11 heteroatoms. The summed E-state index contributed by atoms with van der Waals surface area (Å²) in [6.07, 6.45) is 1.54. The molecule has 5 rings (SSSR count). The van der Waals surface area contributed by atoms with Crippen LogP contribution in [0.3, 0.4) is 0 Å². The van der Waals surface area contributed by atoms with E-state index < -0.39 is 35.1 Å². The number of hydrogen-bond acceptors (Lipinski definition) is 8. The number of fused-ring (bicyclic) bond motifs is 3. The average Bonchev–Trinajstić information content (AvgIpc) is 3.36. The van der Waals surface area contributed by atoms with E-state index in [1.165, 1.54) is 12.3 Å². The fourth-order valence-corrected chi connectivity index (χ4v) is 4.74. The second kappa shape index (κ2) is 7.03. The van der Waals surface area contributed by atoms with E-state index in [4.69, 9.17) is 4.74 Å². The van der Waals surface area contributed by atoms with Crippen LogP contribution in [-0.4, -0.2) is 63.9 Å². The molecule has 154 valence electrons. The number of piperazine rings is 1. The molecule has 4 heterocycles. The van der Waals surface area contributed by atoms with Crippen molar-refractivity contribution >= 4 is 34.4 Å². The van der Waals surface area contributed by atoms with Gasteiger partial charge in [-0.1, -0.05) is 17.4 Å². The number of ketones is 2. The smallest absolute Gasteiger partial charge is 0.251 e. The van der Waals surface area contributed by atoms with E-state index in [1.807, 2.05) is 0 Å². The number of rotatable bonds is 3. The molecule has 1 amide bonds. The average molecular weight is 432 g/mol. The third-order valence-corrected chi connectivity index (χ3v) is 6.31. The van der Waals surface area contributed by atoms with Gasteiger partial charge in [-0.2, -0.15) is 0 Å². The molecule has 0 aliphatic carbocycles. The Hall–Kier alpha value is -3.05. The molecule has 1 aromatic heterocycles. The minimum atomic E-state index is -1.22. The van der Waals surface area contributed by atoms with Crippen LogP contribution in [0.2, 0.25) is 0 Å². The zero-order valence-corrected chi connectivity index (χ0v) is 16.1. The predicted octanol–water partition coefficient (Wildman–Crippen LogP) is 0.468. The van der Waals surface area contributed by atoms with E-state index in [9.17, 15) is 23.2 Å². The Bertz CT molecular complexity index is 1120. The Morgan fingerprint density at radius 3 is 2.83 bits per heavy atom. The lowest BCUT2D eigenvalue weighted by Gasteiger charge is -2.42. The van der Waals surface area contributed by atoms with Gasteiger partial charge in [0.05, 0.1) is 30.9 Å². The molecule has 8 nitrogen and oxygen atoms in total. The third kappa shape index (κ3) is 3.01. The molecule has 1 aromatic carbocycles. The first-order chi connectivity index (χ1) is 14.4. The van der Waals surface area contributed by atoms with Gasteiger partial charge in [0.25, 0.3) is 5.91 Å². The van der Waals surface area contributed by atoms with Gasteiger partial charge in [0.2, 0.25) is 11.6 Å². The monoisotopic (exact) mass is 432 g/mol. The number of aromatic nitrogens is 2. The molecule has 2 aromatic rings. The van der Waals surface area contributed by atoms with Gasteiger partial charge in [-0.15, -0.1) is 10.2 Å². The predicted molar refractivity (Wildman–Crippen MR) is 99.2 cm³/mol. The Morgan fingerprint density at radius 1 is 1.20 bits per heavy atom. The summed E-state index contributed by atoms with van der Waals surface area (Å²) in [5.74, 6) is -3.57. The molecule has 3 aliphatic heterocycles. The zero-order chi connectivity index (χ0) is 21.0. The number of hydrogen-bond donors (Lipinski definition) is 1. The first-order valence-corrected chi connectivity index (χ1v) is 9.96. The van der Waals surface area contributed by atoms with Crippen LogP contribution in [0, 0.1) is 11.6 Å². The summed E-state index contributed by atoms with van der Waals surface area (Å²) in [6, 6.07) is 1.50. The number of amides is 1. The van der Waals surface area contributed by atoms with Crippen LogP contribution in [0.25, 0.3) is 5.57 Å². The Labute approximate surface area is 172 Å². The van der Waals surface area contributed by atoms with E-state index in [1.54, 1.807) is 4.90 Å². The fraction of sp³-hybridized carbons (Fsp3) is 0.316. The van der Waals surface area contributed by atoms with Gasteiger partial charge < -0.3 is 15.0 Å². The van der Waals surface area contributed by atoms with Crippen LogP contribution in [0.5, 0.6) is 0 Å². The van der Waals surface area contributed by atoms with Gasteiger partial charge in [0.1, 0.15) is 16.6 Å². The summed E-state index contributed by atoms with van der Waals surface area (Å²) in [7, 11) is 0. The van der Waals surface area contributed by atoms with Crippen LogP contribution >= 0.6 is 11.3 Å². The summed E-state index contributed by atoms with van der Waals surface area (Å²) in [5.41, 5.74) is 0.276. The summed E-state index contributed by atoms with van der Waals surface area (Å²) < 4.78 is 32.4. The van der Waals surface area contributed by atoms with E-state index in [-0.39, 0.29) is 34.6 Å². The number of benzene rings is 1. The van der Waals surface area contributed by atoms with Gasteiger partial charge in [0.15, 0.2) is 11.0 Å². The molecule has 0 saturated carbocycles. The maximum absolute atomic E-state index is 13.9. The molecule has 1 N–H and O–H groups in total. The lowest BCUT2D eigenvalue weighted by molar-refractivity contribution is -0.145. The quantitative estimate of drug-likeness (QED) is 0.556. The Morgan fingerprint density at radius 2 is 2.03 bits per heavy atom. The number of nitrogens with one attached hydrogen (secondary N) is 1. The normalized spacial score (nSPS) is 25.7. The van der Waals surface area contributed by atoms with Crippen molar-refractivity contribution in [2.45, 2.75) is 24.5 Å². The number of carbonyl (C=O) groups excluding carboxylic acids is 3. The van der Waals surface area contributed by atoms with E-state index in [0.717, 1.165) is 23.5 Å². The molecule has 2 fully saturated rings. The van der Waals surface area contributed by atoms with Crippen molar-refractivity contribution < 1.29 is 27.9 Å². The maximum Gasteiger partial charge on any atom is 0.251 e.